The third-order valence-corrected chi connectivity index (χ3v) is 7.10. The molecular formula is C24H21N3O5S. The molecule has 1 aliphatic heterocycles. The molecule has 9 heteroatoms. The molecule has 0 radical (unpaired) electrons. The molecule has 0 unspecified atom stereocenters. The molecule has 1 heterocycles. The molecule has 0 bridgehead atoms. The van der Waals surface area contributed by atoms with E-state index in [1.54, 1.807) is 6.07 Å². The summed E-state index contributed by atoms with van der Waals surface area (Å²) in [4.78, 5) is 39.6. The van der Waals surface area contributed by atoms with E-state index >= 15 is 0 Å². The normalized spacial score (nSPS) is 13.4. The Hall–Kier alpha value is -3.82. The van der Waals surface area contributed by atoms with Crippen LogP contribution < -0.4 is 5.32 Å². The number of fused-ring (bicyclic) bond motifs is 1. The van der Waals surface area contributed by atoms with Crippen molar-refractivity contribution >= 4 is 33.4 Å². The average Bonchev–Trinajstić information content (AvgIpc) is 3.04. The Balaban J connectivity index is 1.56. The van der Waals surface area contributed by atoms with Gasteiger partial charge in [0.05, 0.1) is 22.6 Å². The van der Waals surface area contributed by atoms with Gasteiger partial charge in [-0.1, -0.05) is 36.4 Å². The Morgan fingerprint density at radius 3 is 2.27 bits per heavy atom. The van der Waals surface area contributed by atoms with E-state index in [9.17, 15) is 22.8 Å². The summed E-state index contributed by atoms with van der Waals surface area (Å²) in [5.74, 6) is -1.40. The van der Waals surface area contributed by atoms with Crippen LogP contribution in [0, 0.1) is 0 Å². The van der Waals surface area contributed by atoms with Crippen LogP contribution >= 0.6 is 0 Å². The lowest BCUT2D eigenvalue weighted by molar-refractivity contribution is 0.0642. The summed E-state index contributed by atoms with van der Waals surface area (Å²) >= 11 is 0. The van der Waals surface area contributed by atoms with Crippen molar-refractivity contribution in [2.45, 2.75) is 11.4 Å². The summed E-state index contributed by atoms with van der Waals surface area (Å²) in [5.41, 5.74) is 1.69. The number of carbonyl (C=O) groups is 3. The van der Waals surface area contributed by atoms with E-state index in [2.05, 4.69) is 5.32 Å². The molecule has 0 saturated carbocycles. The molecule has 3 amide bonds. The first kappa shape index (κ1) is 22.4. The van der Waals surface area contributed by atoms with Gasteiger partial charge in [0.15, 0.2) is 0 Å². The van der Waals surface area contributed by atoms with E-state index in [4.69, 9.17) is 0 Å². The fourth-order valence-electron chi connectivity index (χ4n) is 3.49. The van der Waals surface area contributed by atoms with Crippen molar-refractivity contribution in [3.05, 3.63) is 95.1 Å². The number of nitrogens with one attached hydrogen (secondary N) is 1. The van der Waals surface area contributed by atoms with Crippen molar-refractivity contribution in [3.8, 4) is 0 Å². The van der Waals surface area contributed by atoms with Crippen LogP contribution in [0.5, 0.6) is 0 Å². The number of carbonyl (C=O) groups excluding carboxylic acids is 3. The van der Waals surface area contributed by atoms with Crippen molar-refractivity contribution in [2.24, 2.45) is 0 Å². The van der Waals surface area contributed by atoms with Crippen LogP contribution in [0.3, 0.4) is 0 Å². The predicted molar refractivity (Wildman–Crippen MR) is 122 cm³/mol. The zero-order valence-electron chi connectivity index (χ0n) is 18.0. The minimum absolute atomic E-state index is 0.0385. The Morgan fingerprint density at radius 1 is 0.879 bits per heavy atom. The SMILES string of the molecule is CN(C)S(=O)(=O)c1cccc(NC(=O)c2ccc3c(c2)C(=O)N(Cc2ccccc2)C3=O)c1. The summed E-state index contributed by atoms with van der Waals surface area (Å²) in [7, 11) is -0.817. The van der Waals surface area contributed by atoms with Gasteiger partial charge in [-0.25, -0.2) is 12.7 Å². The molecule has 8 nitrogen and oxygen atoms in total. The lowest BCUT2D eigenvalue weighted by atomic mass is 10.1. The second kappa shape index (κ2) is 8.61. The summed E-state index contributed by atoms with van der Waals surface area (Å²) in [6.07, 6.45) is 0. The molecule has 0 fully saturated rings. The van der Waals surface area contributed by atoms with E-state index in [1.165, 1.54) is 50.5 Å². The van der Waals surface area contributed by atoms with Gasteiger partial charge in [0, 0.05) is 25.3 Å². The summed E-state index contributed by atoms with van der Waals surface area (Å²) < 4.78 is 25.8. The van der Waals surface area contributed by atoms with Crippen molar-refractivity contribution < 1.29 is 22.8 Å². The van der Waals surface area contributed by atoms with Crippen LogP contribution in [0.25, 0.3) is 0 Å². The summed E-state index contributed by atoms with van der Waals surface area (Å²) in [6.45, 7) is 0.141. The van der Waals surface area contributed by atoms with Gasteiger partial charge >= 0.3 is 0 Å². The van der Waals surface area contributed by atoms with Gasteiger partial charge in [-0.15, -0.1) is 0 Å². The van der Waals surface area contributed by atoms with Crippen LogP contribution in [0.1, 0.15) is 36.6 Å². The molecule has 1 N–H and O–H groups in total. The second-order valence-electron chi connectivity index (χ2n) is 7.71. The zero-order chi connectivity index (χ0) is 23.8. The van der Waals surface area contributed by atoms with E-state index in [0.29, 0.717) is 0 Å². The average molecular weight is 464 g/mol. The monoisotopic (exact) mass is 463 g/mol. The fourth-order valence-corrected chi connectivity index (χ4v) is 4.44. The van der Waals surface area contributed by atoms with Crippen LogP contribution in [-0.4, -0.2) is 49.4 Å². The number of hydrogen-bond donors (Lipinski definition) is 1. The number of rotatable bonds is 6. The third-order valence-electron chi connectivity index (χ3n) is 5.29. The van der Waals surface area contributed by atoms with Gasteiger partial charge in [0.25, 0.3) is 17.7 Å². The molecule has 0 aromatic heterocycles. The lowest BCUT2D eigenvalue weighted by Crippen LogP contribution is -2.29. The highest BCUT2D eigenvalue weighted by atomic mass is 32.2. The molecule has 0 atom stereocenters. The Bertz CT molecular complexity index is 1370. The summed E-state index contributed by atoms with van der Waals surface area (Å²) in [6, 6.07) is 19.4. The van der Waals surface area contributed by atoms with Crippen molar-refractivity contribution in [1.29, 1.82) is 0 Å². The molecule has 33 heavy (non-hydrogen) atoms. The molecule has 3 aromatic carbocycles. The van der Waals surface area contributed by atoms with Crippen LogP contribution in [-0.2, 0) is 16.6 Å². The standard InChI is InChI=1S/C24H21N3O5S/c1-26(2)33(31,32)19-10-6-9-18(14-19)25-22(28)17-11-12-20-21(13-17)24(30)27(23(20)29)15-16-7-4-3-5-8-16/h3-14H,15H2,1-2H3,(H,25,28). The fraction of sp³-hybridized carbons (Fsp3) is 0.125. The number of anilines is 1. The van der Waals surface area contributed by atoms with Gasteiger partial charge in [0.2, 0.25) is 10.0 Å². The minimum atomic E-state index is -3.66. The zero-order valence-corrected chi connectivity index (χ0v) is 18.8. The van der Waals surface area contributed by atoms with E-state index < -0.39 is 27.7 Å². The Labute approximate surface area is 191 Å². The maximum atomic E-state index is 12.9. The number of hydrogen-bond acceptors (Lipinski definition) is 5. The maximum absolute atomic E-state index is 12.9. The topological polar surface area (TPSA) is 104 Å². The Kier molecular flexibility index (Phi) is 5.84. The first-order chi connectivity index (χ1) is 15.7. The highest BCUT2D eigenvalue weighted by molar-refractivity contribution is 7.89. The summed E-state index contributed by atoms with van der Waals surface area (Å²) in [5, 5.41) is 2.65. The van der Waals surface area contributed by atoms with Crippen molar-refractivity contribution in [3.63, 3.8) is 0 Å². The molecule has 0 saturated heterocycles. The van der Waals surface area contributed by atoms with Gasteiger partial charge in [-0.2, -0.15) is 0 Å². The molecular weight excluding hydrogens is 442 g/mol. The highest BCUT2D eigenvalue weighted by Crippen LogP contribution is 2.26. The molecule has 4 rings (SSSR count). The molecule has 0 spiro atoms. The predicted octanol–water partition coefficient (Wildman–Crippen LogP) is 2.99. The first-order valence-electron chi connectivity index (χ1n) is 10.1. The van der Waals surface area contributed by atoms with Crippen LogP contribution in [0.2, 0.25) is 0 Å². The smallest absolute Gasteiger partial charge is 0.261 e. The maximum Gasteiger partial charge on any atom is 0.261 e. The van der Waals surface area contributed by atoms with Crippen molar-refractivity contribution in [1.82, 2.24) is 9.21 Å². The highest BCUT2D eigenvalue weighted by Gasteiger charge is 2.36. The quantitative estimate of drug-likeness (QED) is 0.566. The van der Waals surface area contributed by atoms with Crippen LogP contribution in [0.4, 0.5) is 5.69 Å². The second-order valence-corrected chi connectivity index (χ2v) is 9.86. The number of benzene rings is 3. The molecule has 0 aliphatic carbocycles. The number of sulfonamides is 1. The van der Waals surface area contributed by atoms with E-state index in [0.717, 1.165) is 14.8 Å². The van der Waals surface area contributed by atoms with Gasteiger partial charge in [-0.3, -0.25) is 19.3 Å². The van der Waals surface area contributed by atoms with E-state index in [-0.39, 0.29) is 33.8 Å². The number of amides is 3. The number of nitrogens with zero attached hydrogens (tertiary/aromatic N) is 2. The molecule has 1 aliphatic rings. The largest absolute Gasteiger partial charge is 0.322 e. The molecule has 3 aromatic rings. The Morgan fingerprint density at radius 2 is 1.58 bits per heavy atom. The van der Waals surface area contributed by atoms with Gasteiger partial charge < -0.3 is 5.32 Å². The van der Waals surface area contributed by atoms with Gasteiger partial charge in [0.1, 0.15) is 0 Å². The minimum Gasteiger partial charge on any atom is -0.322 e. The number of imide groups is 1. The van der Waals surface area contributed by atoms with Crippen molar-refractivity contribution in [2.75, 3.05) is 19.4 Å². The molecule has 168 valence electrons. The van der Waals surface area contributed by atoms with Crippen LogP contribution in [0.15, 0.2) is 77.7 Å². The van der Waals surface area contributed by atoms with Gasteiger partial charge in [-0.05, 0) is 42.0 Å². The third kappa shape index (κ3) is 4.28. The first-order valence-corrected chi connectivity index (χ1v) is 11.5. The van der Waals surface area contributed by atoms with E-state index in [1.807, 2.05) is 30.3 Å². The lowest BCUT2D eigenvalue weighted by Gasteiger charge is -2.13.